The van der Waals surface area contributed by atoms with Gasteiger partial charge < -0.3 is 15.2 Å². The number of hydrogen-bond donors (Lipinski definition) is 1. The molecule has 0 fully saturated rings. The van der Waals surface area contributed by atoms with Crippen molar-refractivity contribution in [1.82, 2.24) is 9.97 Å². The van der Waals surface area contributed by atoms with Gasteiger partial charge in [0.25, 0.3) is 5.91 Å². The first-order valence-electron chi connectivity index (χ1n) is 8.62. The van der Waals surface area contributed by atoms with E-state index in [2.05, 4.69) is 9.97 Å². The number of carbonyl (C=O) groups excluding carboxylic acids is 1. The second-order valence-electron chi connectivity index (χ2n) is 5.90. The first-order valence-corrected chi connectivity index (χ1v) is 8.62. The molecule has 138 valence electrons. The van der Waals surface area contributed by atoms with Gasteiger partial charge in [0.05, 0.1) is 25.0 Å². The smallest absolute Gasteiger partial charge is 0.252 e. The van der Waals surface area contributed by atoms with Gasteiger partial charge in [0, 0.05) is 17.7 Å². The van der Waals surface area contributed by atoms with Crippen molar-refractivity contribution in [3.8, 4) is 22.8 Å². The Hall–Kier alpha value is -3.41. The van der Waals surface area contributed by atoms with Crippen LogP contribution in [0, 0.1) is 0 Å². The van der Waals surface area contributed by atoms with Crippen molar-refractivity contribution in [2.24, 2.45) is 5.73 Å². The molecule has 2 N–H and O–H groups in total. The normalized spacial score (nSPS) is 10.4. The number of benzene rings is 2. The number of amides is 1. The van der Waals surface area contributed by atoms with Gasteiger partial charge in [-0.2, -0.15) is 0 Å². The Morgan fingerprint density at radius 2 is 1.89 bits per heavy atom. The van der Waals surface area contributed by atoms with Gasteiger partial charge >= 0.3 is 0 Å². The summed E-state index contributed by atoms with van der Waals surface area (Å²) in [5, 5.41) is 0. The van der Waals surface area contributed by atoms with Gasteiger partial charge in [-0.25, -0.2) is 9.97 Å². The number of aromatic nitrogens is 2. The van der Waals surface area contributed by atoms with Gasteiger partial charge in [0.1, 0.15) is 17.8 Å². The molecule has 0 saturated heterocycles. The molecule has 0 atom stereocenters. The Morgan fingerprint density at radius 1 is 1.07 bits per heavy atom. The maximum atomic E-state index is 11.6. The minimum atomic E-state index is -0.525. The summed E-state index contributed by atoms with van der Waals surface area (Å²) in [5.74, 6) is 0.716. The monoisotopic (exact) mass is 363 g/mol. The first-order chi connectivity index (χ1) is 13.1. The van der Waals surface area contributed by atoms with Crippen molar-refractivity contribution in [3.05, 3.63) is 71.7 Å². The second-order valence-corrected chi connectivity index (χ2v) is 5.90. The topological polar surface area (TPSA) is 87.3 Å². The summed E-state index contributed by atoms with van der Waals surface area (Å²) in [6.07, 6.45) is 2.07. The molecule has 1 amide bonds. The molecule has 0 saturated carbocycles. The Kier molecular flexibility index (Phi) is 5.66. The highest BCUT2D eigenvalue weighted by Crippen LogP contribution is 2.29. The third kappa shape index (κ3) is 4.23. The maximum absolute atomic E-state index is 11.6. The fraction of sp³-hybridized carbons (Fsp3) is 0.190. The van der Waals surface area contributed by atoms with Crippen LogP contribution in [0.15, 0.2) is 54.9 Å². The fourth-order valence-corrected chi connectivity index (χ4v) is 2.87. The Labute approximate surface area is 158 Å². The van der Waals surface area contributed by atoms with Crippen LogP contribution in [0.1, 0.15) is 28.5 Å². The molecule has 3 aromatic rings. The molecule has 0 radical (unpaired) electrons. The van der Waals surface area contributed by atoms with Crippen molar-refractivity contribution in [1.29, 1.82) is 0 Å². The highest BCUT2D eigenvalue weighted by molar-refractivity contribution is 5.95. The fourth-order valence-electron chi connectivity index (χ4n) is 2.87. The lowest BCUT2D eigenvalue weighted by molar-refractivity contribution is 0.0997. The van der Waals surface area contributed by atoms with E-state index in [0.717, 1.165) is 28.3 Å². The quantitative estimate of drug-likeness (QED) is 0.696. The molecule has 6 nitrogen and oxygen atoms in total. The van der Waals surface area contributed by atoms with Crippen LogP contribution in [0.3, 0.4) is 0 Å². The van der Waals surface area contributed by atoms with Gasteiger partial charge in [-0.1, -0.05) is 18.2 Å². The molecule has 6 heteroatoms. The number of para-hydroxylation sites is 1. The van der Waals surface area contributed by atoms with E-state index in [1.54, 1.807) is 12.1 Å². The minimum Gasteiger partial charge on any atom is -0.496 e. The maximum Gasteiger partial charge on any atom is 0.252 e. The van der Waals surface area contributed by atoms with Gasteiger partial charge in [0.15, 0.2) is 0 Å². The number of methoxy groups -OCH3 is 1. The van der Waals surface area contributed by atoms with Gasteiger partial charge in [-0.3, -0.25) is 4.79 Å². The lowest BCUT2D eigenvalue weighted by atomic mass is 10.0. The predicted octanol–water partition coefficient (Wildman–Crippen LogP) is 3.24. The number of hydrogen-bond acceptors (Lipinski definition) is 5. The zero-order valence-electron chi connectivity index (χ0n) is 15.3. The first kappa shape index (κ1) is 18.4. The van der Waals surface area contributed by atoms with Crippen LogP contribution >= 0.6 is 0 Å². The highest BCUT2D eigenvalue weighted by Gasteiger charge is 2.12. The van der Waals surface area contributed by atoms with Crippen molar-refractivity contribution >= 4 is 5.91 Å². The van der Waals surface area contributed by atoms with Crippen LogP contribution in [-0.4, -0.2) is 29.6 Å². The molecule has 0 unspecified atom stereocenters. The minimum absolute atomic E-state index is 0.353. The van der Waals surface area contributed by atoms with Crippen molar-refractivity contribution in [3.63, 3.8) is 0 Å². The highest BCUT2D eigenvalue weighted by atomic mass is 16.5. The standard InChI is InChI=1S/C21H21N3O3/c1-3-27-20-7-5-4-6-16(20)18-12-15(23-13-24-18)10-14-8-9-19(26-2)17(11-14)21(22)25/h4-9,11-13H,3,10H2,1-2H3,(H2,22,25). The number of primary amides is 1. The third-order valence-corrected chi connectivity index (χ3v) is 4.10. The Morgan fingerprint density at radius 3 is 2.63 bits per heavy atom. The molecule has 3 rings (SSSR count). The molecular formula is C21H21N3O3. The SMILES string of the molecule is CCOc1ccccc1-c1cc(Cc2ccc(OC)c(C(N)=O)c2)ncn1. The molecule has 27 heavy (non-hydrogen) atoms. The summed E-state index contributed by atoms with van der Waals surface area (Å²) in [4.78, 5) is 20.4. The number of ether oxygens (including phenoxy) is 2. The van der Waals surface area contributed by atoms with Crippen molar-refractivity contribution in [2.75, 3.05) is 13.7 Å². The second kappa shape index (κ2) is 8.31. The molecule has 0 aliphatic rings. The Bertz CT molecular complexity index is 957. The van der Waals surface area contributed by atoms with E-state index in [9.17, 15) is 4.79 Å². The lowest BCUT2D eigenvalue weighted by Crippen LogP contribution is -2.13. The molecule has 0 bridgehead atoms. The lowest BCUT2D eigenvalue weighted by Gasteiger charge is -2.11. The van der Waals surface area contributed by atoms with Crippen molar-refractivity contribution < 1.29 is 14.3 Å². The Balaban J connectivity index is 1.91. The van der Waals surface area contributed by atoms with Crippen LogP contribution in [0.25, 0.3) is 11.3 Å². The molecule has 0 aliphatic heterocycles. The number of nitrogens with two attached hydrogens (primary N) is 1. The number of nitrogens with zero attached hydrogens (tertiary/aromatic N) is 2. The van der Waals surface area contributed by atoms with E-state index in [0.29, 0.717) is 24.3 Å². The summed E-state index contributed by atoms with van der Waals surface area (Å²) in [6, 6.07) is 15.0. The van der Waals surface area contributed by atoms with Gasteiger partial charge in [-0.05, 0) is 42.8 Å². The average Bonchev–Trinajstić information content (AvgIpc) is 2.69. The number of carbonyl (C=O) groups is 1. The van der Waals surface area contributed by atoms with Crippen LogP contribution in [-0.2, 0) is 6.42 Å². The molecular weight excluding hydrogens is 342 g/mol. The van der Waals surface area contributed by atoms with Gasteiger partial charge in [-0.15, -0.1) is 0 Å². The molecule has 0 spiro atoms. The van der Waals surface area contributed by atoms with E-state index in [1.807, 2.05) is 43.3 Å². The molecule has 1 aromatic heterocycles. The largest absolute Gasteiger partial charge is 0.496 e. The van der Waals surface area contributed by atoms with E-state index in [1.165, 1.54) is 13.4 Å². The zero-order valence-corrected chi connectivity index (χ0v) is 15.3. The predicted molar refractivity (Wildman–Crippen MR) is 103 cm³/mol. The summed E-state index contributed by atoms with van der Waals surface area (Å²) in [7, 11) is 1.51. The van der Waals surface area contributed by atoms with Crippen LogP contribution in [0.2, 0.25) is 0 Å². The summed E-state index contributed by atoms with van der Waals surface area (Å²) < 4.78 is 10.9. The molecule has 2 aromatic carbocycles. The van der Waals surface area contributed by atoms with E-state index < -0.39 is 5.91 Å². The van der Waals surface area contributed by atoms with Crippen LogP contribution in [0.5, 0.6) is 11.5 Å². The van der Waals surface area contributed by atoms with Crippen LogP contribution < -0.4 is 15.2 Å². The summed E-state index contributed by atoms with van der Waals surface area (Å²) in [5.41, 5.74) is 9.22. The van der Waals surface area contributed by atoms with E-state index >= 15 is 0 Å². The van der Waals surface area contributed by atoms with Gasteiger partial charge in [0.2, 0.25) is 0 Å². The van der Waals surface area contributed by atoms with Crippen LogP contribution in [0.4, 0.5) is 0 Å². The zero-order chi connectivity index (χ0) is 19.2. The van der Waals surface area contributed by atoms with E-state index in [4.69, 9.17) is 15.2 Å². The average molecular weight is 363 g/mol. The summed E-state index contributed by atoms with van der Waals surface area (Å²) in [6.45, 7) is 2.53. The molecule has 1 heterocycles. The van der Waals surface area contributed by atoms with Crippen molar-refractivity contribution in [2.45, 2.75) is 13.3 Å². The molecule has 0 aliphatic carbocycles. The number of rotatable bonds is 7. The third-order valence-electron chi connectivity index (χ3n) is 4.10. The van der Waals surface area contributed by atoms with E-state index in [-0.39, 0.29) is 0 Å². The summed E-state index contributed by atoms with van der Waals surface area (Å²) >= 11 is 0.